The van der Waals surface area contributed by atoms with Gasteiger partial charge in [0.15, 0.2) is 9.84 Å². The van der Waals surface area contributed by atoms with Crippen LogP contribution in [0.1, 0.15) is 50.9 Å². The summed E-state index contributed by atoms with van der Waals surface area (Å²) in [7, 11) is -1.30. The number of hydrogen-bond acceptors (Lipinski definition) is 4. The predicted molar refractivity (Wildman–Crippen MR) is 80.8 cm³/mol. The molecule has 0 spiro atoms. The lowest BCUT2D eigenvalue weighted by Crippen LogP contribution is -2.40. The van der Waals surface area contributed by atoms with Gasteiger partial charge >= 0.3 is 0 Å². The average Bonchev–Trinajstić information content (AvgIpc) is 2.75. The first-order chi connectivity index (χ1) is 9.38. The molecule has 20 heavy (non-hydrogen) atoms. The Bertz CT molecular complexity index is 568. The Balaban J connectivity index is 2.45. The molecule has 0 radical (unpaired) electrons. The van der Waals surface area contributed by atoms with Crippen LogP contribution in [0.2, 0.25) is 5.02 Å². The van der Waals surface area contributed by atoms with Gasteiger partial charge in [-0.2, -0.15) is 5.10 Å². The Hall–Kier alpha value is -0.590. The van der Waals surface area contributed by atoms with Crippen molar-refractivity contribution in [2.45, 2.75) is 50.4 Å². The molecule has 1 aromatic heterocycles. The van der Waals surface area contributed by atoms with E-state index in [0.29, 0.717) is 11.4 Å². The van der Waals surface area contributed by atoms with Crippen LogP contribution in [0.4, 0.5) is 0 Å². The highest BCUT2D eigenvalue weighted by molar-refractivity contribution is 7.92. The molecule has 2 rings (SSSR count). The molecule has 0 saturated carbocycles. The number of rotatable bonds is 4. The molecular formula is C13H22ClN3O2S. The fourth-order valence-corrected chi connectivity index (χ4v) is 5.27. The van der Waals surface area contributed by atoms with Gasteiger partial charge in [-0.3, -0.25) is 4.68 Å². The summed E-state index contributed by atoms with van der Waals surface area (Å²) in [5.74, 6) is 0.267. The molecule has 0 aromatic carbocycles. The Kier molecular flexibility index (Phi) is 4.76. The Morgan fingerprint density at radius 1 is 1.45 bits per heavy atom. The smallest absolute Gasteiger partial charge is 0.155 e. The standard InChI is InChI=1S/C13H22ClN3O2S/c1-9(2)17-13(10(14)8-16-17)12(15-3)11-6-4-5-7-20(11,18)19/h8-9,11-12,15H,4-7H2,1-3H3. The quantitative estimate of drug-likeness (QED) is 0.925. The van der Waals surface area contributed by atoms with Crippen LogP contribution in [0, 0.1) is 0 Å². The second-order valence-electron chi connectivity index (χ2n) is 5.58. The lowest BCUT2D eigenvalue weighted by atomic mass is 10.0. The predicted octanol–water partition coefficient (Wildman–Crippen LogP) is 2.35. The van der Waals surface area contributed by atoms with Crippen LogP contribution in [-0.4, -0.2) is 36.2 Å². The number of aromatic nitrogens is 2. The number of sulfone groups is 1. The normalized spacial score (nSPS) is 23.9. The van der Waals surface area contributed by atoms with Gasteiger partial charge in [0, 0.05) is 6.04 Å². The highest BCUT2D eigenvalue weighted by atomic mass is 35.5. The molecule has 1 aliphatic heterocycles. The van der Waals surface area contributed by atoms with Crippen LogP contribution in [-0.2, 0) is 9.84 Å². The summed E-state index contributed by atoms with van der Waals surface area (Å²) >= 11 is 6.26. The first-order valence-electron chi connectivity index (χ1n) is 7.00. The van der Waals surface area contributed by atoms with Crippen molar-refractivity contribution in [2.24, 2.45) is 0 Å². The Labute approximate surface area is 125 Å². The number of nitrogens with zero attached hydrogens (tertiary/aromatic N) is 2. The largest absolute Gasteiger partial charge is 0.311 e. The third-order valence-electron chi connectivity index (χ3n) is 3.88. The minimum absolute atomic E-state index is 0.139. The zero-order valence-corrected chi connectivity index (χ0v) is 13.7. The van der Waals surface area contributed by atoms with E-state index in [1.807, 2.05) is 18.5 Å². The summed E-state index contributed by atoms with van der Waals surface area (Å²) in [4.78, 5) is 0. The van der Waals surface area contributed by atoms with Crippen molar-refractivity contribution in [3.63, 3.8) is 0 Å². The van der Waals surface area contributed by atoms with Gasteiger partial charge in [-0.15, -0.1) is 0 Å². The maximum absolute atomic E-state index is 12.4. The van der Waals surface area contributed by atoms with E-state index in [1.165, 1.54) is 0 Å². The summed E-state index contributed by atoms with van der Waals surface area (Å²) in [5, 5.41) is 7.52. The molecule has 1 saturated heterocycles. The molecule has 1 fully saturated rings. The van der Waals surface area contributed by atoms with Gasteiger partial charge in [-0.25, -0.2) is 8.42 Å². The molecule has 5 nitrogen and oxygen atoms in total. The topological polar surface area (TPSA) is 64.0 Å². The van der Waals surface area contributed by atoms with Gasteiger partial charge in [0.2, 0.25) is 0 Å². The first kappa shape index (κ1) is 15.8. The van der Waals surface area contributed by atoms with Crippen LogP contribution < -0.4 is 5.32 Å². The summed E-state index contributed by atoms with van der Waals surface area (Å²) in [6.07, 6.45) is 3.96. The van der Waals surface area contributed by atoms with E-state index in [0.717, 1.165) is 18.5 Å². The zero-order valence-electron chi connectivity index (χ0n) is 12.1. The Morgan fingerprint density at radius 3 is 2.70 bits per heavy atom. The van der Waals surface area contributed by atoms with Gasteiger partial charge in [0.25, 0.3) is 0 Å². The molecular weight excluding hydrogens is 298 g/mol. The molecule has 0 bridgehead atoms. The van der Waals surface area contributed by atoms with Crippen molar-refractivity contribution in [3.05, 3.63) is 16.9 Å². The van der Waals surface area contributed by atoms with Gasteiger partial charge in [0.1, 0.15) is 0 Å². The molecule has 2 heterocycles. The van der Waals surface area contributed by atoms with E-state index in [4.69, 9.17) is 11.6 Å². The van der Waals surface area contributed by atoms with Crippen molar-refractivity contribution < 1.29 is 8.42 Å². The van der Waals surface area contributed by atoms with E-state index in [2.05, 4.69) is 10.4 Å². The summed E-state index contributed by atoms with van der Waals surface area (Å²) in [6.45, 7) is 4.02. The van der Waals surface area contributed by atoms with Gasteiger partial charge in [-0.1, -0.05) is 18.0 Å². The minimum atomic E-state index is -3.08. The highest BCUT2D eigenvalue weighted by Crippen LogP contribution is 2.34. The summed E-state index contributed by atoms with van der Waals surface area (Å²) in [5.41, 5.74) is 0.777. The summed E-state index contributed by atoms with van der Waals surface area (Å²) < 4.78 is 26.5. The molecule has 0 amide bonds. The van der Waals surface area contributed by atoms with E-state index in [1.54, 1.807) is 13.2 Å². The number of hydrogen-bond donors (Lipinski definition) is 1. The maximum Gasteiger partial charge on any atom is 0.155 e. The Morgan fingerprint density at radius 2 is 2.15 bits per heavy atom. The SMILES string of the molecule is CNC(c1c(Cl)cnn1C(C)C)C1CCCCS1(=O)=O. The van der Waals surface area contributed by atoms with E-state index >= 15 is 0 Å². The zero-order chi connectivity index (χ0) is 14.9. The molecule has 2 atom stereocenters. The van der Waals surface area contributed by atoms with Crippen LogP contribution in [0.25, 0.3) is 0 Å². The van der Waals surface area contributed by atoms with Crippen LogP contribution in [0.3, 0.4) is 0 Å². The lowest BCUT2D eigenvalue weighted by Gasteiger charge is -2.31. The average molecular weight is 320 g/mol. The molecule has 7 heteroatoms. The van der Waals surface area contributed by atoms with Crippen molar-refractivity contribution in [1.82, 2.24) is 15.1 Å². The highest BCUT2D eigenvalue weighted by Gasteiger charge is 2.38. The third-order valence-corrected chi connectivity index (χ3v) is 6.46. The van der Waals surface area contributed by atoms with Gasteiger partial charge in [0.05, 0.1) is 34.0 Å². The van der Waals surface area contributed by atoms with Gasteiger partial charge in [-0.05, 0) is 33.7 Å². The fourth-order valence-electron chi connectivity index (χ4n) is 2.91. The fraction of sp³-hybridized carbons (Fsp3) is 0.769. The van der Waals surface area contributed by atoms with Crippen molar-refractivity contribution in [2.75, 3.05) is 12.8 Å². The summed E-state index contributed by atoms with van der Waals surface area (Å²) in [6, 6.07) is -0.169. The third kappa shape index (κ3) is 2.87. The van der Waals surface area contributed by atoms with Crippen molar-refractivity contribution in [3.8, 4) is 0 Å². The van der Waals surface area contributed by atoms with Gasteiger partial charge < -0.3 is 5.32 Å². The van der Waals surface area contributed by atoms with Crippen LogP contribution >= 0.6 is 11.6 Å². The lowest BCUT2D eigenvalue weighted by molar-refractivity contribution is 0.421. The molecule has 0 aliphatic carbocycles. The van der Waals surface area contributed by atoms with Crippen LogP contribution in [0.15, 0.2) is 6.20 Å². The molecule has 114 valence electrons. The number of halogens is 1. The van der Waals surface area contributed by atoms with Crippen molar-refractivity contribution in [1.29, 1.82) is 0 Å². The van der Waals surface area contributed by atoms with E-state index in [9.17, 15) is 8.42 Å². The second-order valence-corrected chi connectivity index (χ2v) is 8.33. The van der Waals surface area contributed by atoms with E-state index in [-0.39, 0.29) is 17.8 Å². The molecule has 1 aromatic rings. The molecule has 1 aliphatic rings. The van der Waals surface area contributed by atoms with E-state index < -0.39 is 15.1 Å². The first-order valence-corrected chi connectivity index (χ1v) is 9.09. The molecule has 1 N–H and O–H groups in total. The molecule has 2 unspecified atom stereocenters. The maximum atomic E-state index is 12.4. The van der Waals surface area contributed by atoms with Crippen molar-refractivity contribution >= 4 is 21.4 Å². The number of nitrogens with one attached hydrogen (secondary N) is 1. The minimum Gasteiger partial charge on any atom is -0.311 e. The second kappa shape index (κ2) is 6.03. The monoisotopic (exact) mass is 319 g/mol. The van der Waals surface area contributed by atoms with Crippen LogP contribution in [0.5, 0.6) is 0 Å².